The quantitative estimate of drug-likeness (QED) is 0.763. The number of hydrogen-bond acceptors (Lipinski definition) is 4. The minimum atomic E-state index is -0.147. The zero-order chi connectivity index (χ0) is 15.0. The lowest BCUT2D eigenvalue weighted by atomic mass is 10.1. The van der Waals surface area contributed by atoms with Crippen LogP contribution in [0.2, 0.25) is 0 Å². The first-order chi connectivity index (χ1) is 9.65. The van der Waals surface area contributed by atoms with Gasteiger partial charge in [-0.3, -0.25) is 4.79 Å². The van der Waals surface area contributed by atoms with Gasteiger partial charge in [-0.05, 0) is 38.5 Å². The molecule has 20 heavy (non-hydrogen) atoms. The van der Waals surface area contributed by atoms with Gasteiger partial charge in [-0.2, -0.15) is 0 Å². The number of amides is 1. The third-order valence-corrected chi connectivity index (χ3v) is 2.92. The van der Waals surface area contributed by atoms with Crippen molar-refractivity contribution in [3.8, 4) is 11.5 Å². The third-order valence-electron chi connectivity index (χ3n) is 2.92. The van der Waals surface area contributed by atoms with E-state index in [2.05, 4.69) is 5.32 Å². The van der Waals surface area contributed by atoms with Crippen LogP contribution in [0.3, 0.4) is 0 Å². The second-order valence-corrected chi connectivity index (χ2v) is 4.34. The van der Waals surface area contributed by atoms with Crippen LogP contribution in [0.4, 0.5) is 0 Å². The molecule has 112 valence electrons. The van der Waals surface area contributed by atoms with Gasteiger partial charge in [0.15, 0.2) is 11.5 Å². The molecule has 3 N–H and O–H groups in total. The Bertz CT molecular complexity index is 431. The molecule has 0 heterocycles. The first-order valence-corrected chi connectivity index (χ1v) is 7.06. The van der Waals surface area contributed by atoms with Crippen molar-refractivity contribution in [3.05, 3.63) is 23.8 Å². The molecule has 1 rings (SSSR count). The number of rotatable bonds is 8. The summed E-state index contributed by atoms with van der Waals surface area (Å²) in [7, 11) is 0. The van der Waals surface area contributed by atoms with E-state index in [9.17, 15) is 4.79 Å². The summed E-state index contributed by atoms with van der Waals surface area (Å²) in [6.45, 7) is 7.29. The minimum absolute atomic E-state index is 0.00962. The smallest absolute Gasteiger partial charge is 0.251 e. The molecule has 0 bridgehead atoms. The van der Waals surface area contributed by atoms with Gasteiger partial charge in [-0.15, -0.1) is 0 Å². The molecule has 5 nitrogen and oxygen atoms in total. The maximum atomic E-state index is 12.1. The van der Waals surface area contributed by atoms with Gasteiger partial charge in [0.2, 0.25) is 0 Å². The third kappa shape index (κ3) is 4.42. The van der Waals surface area contributed by atoms with Crippen LogP contribution in [0.5, 0.6) is 11.5 Å². The van der Waals surface area contributed by atoms with Crippen LogP contribution >= 0.6 is 0 Å². The molecule has 1 aromatic rings. The molecule has 0 aliphatic rings. The van der Waals surface area contributed by atoms with Crippen molar-refractivity contribution >= 4 is 5.91 Å². The summed E-state index contributed by atoms with van der Waals surface area (Å²) in [5, 5.41) is 2.89. The van der Waals surface area contributed by atoms with Gasteiger partial charge in [0.25, 0.3) is 5.91 Å². The van der Waals surface area contributed by atoms with Gasteiger partial charge in [0, 0.05) is 18.2 Å². The van der Waals surface area contributed by atoms with Gasteiger partial charge in [0.1, 0.15) is 0 Å². The molecule has 1 unspecified atom stereocenters. The molecule has 0 aliphatic heterocycles. The number of nitrogens with one attached hydrogen (secondary N) is 1. The van der Waals surface area contributed by atoms with Crippen LogP contribution in [0.1, 0.15) is 37.6 Å². The first-order valence-electron chi connectivity index (χ1n) is 7.06. The van der Waals surface area contributed by atoms with E-state index in [4.69, 9.17) is 15.2 Å². The lowest BCUT2D eigenvalue weighted by molar-refractivity contribution is 0.0936. The highest BCUT2D eigenvalue weighted by Crippen LogP contribution is 2.28. The van der Waals surface area contributed by atoms with Crippen molar-refractivity contribution in [1.82, 2.24) is 5.32 Å². The fourth-order valence-electron chi connectivity index (χ4n) is 1.79. The molecule has 1 aromatic carbocycles. The van der Waals surface area contributed by atoms with Gasteiger partial charge in [-0.25, -0.2) is 0 Å². The monoisotopic (exact) mass is 280 g/mol. The maximum Gasteiger partial charge on any atom is 0.251 e. The van der Waals surface area contributed by atoms with Crippen LogP contribution < -0.4 is 20.5 Å². The summed E-state index contributed by atoms with van der Waals surface area (Å²) in [5.41, 5.74) is 6.14. The average Bonchev–Trinajstić information content (AvgIpc) is 2.46. The topological polar surface area (TPSA) is 73.6 Å². The molecule has 1 amide bonds. The van der Waals surface area contributed by atoms with E-state index < -0.39 is 0 Å². The van der Waals surface area contributed by atoms with E-state index in [0.29, 0.717) is 36.8 Å². The van der Waals surface area contributed by atoms with Crippen molar-refractivity contribution in [2.45, 2.75) is 33.2 Å². The Balaban J connectivity index is 2.89. The van der Waals surface area contributed by atoms with Crippen LogP contribution in [-0.2, 0) is 0 Å². The zero-order valence-corrected chi connectivity index (χ0v) is 12.4. The number of benzene rings is 1. The highest BCUT2D eigenvalue weighted by atomic mass is 16.5. The molecule has 0 aliphatic carbocycles. The molecular formula is C15H24N2O3. The van der Waals surface area contributed by atoms with E-state index in [1.54, 1.807) is 18.2 Å². The molecule has 0 aromatic heterocycles. The number of carbonyl (C=O) groups excluding carboxylic acids is 1. The van der Waals surface area contributed by atoms with Gasteiger partial charge >= 0.3 is 0 Å². The van der Waals surface area contributed by atoms with E-state index in [-0.39, 0.29) is 11.9 Å². The Morgan fingerprint density at radius 2 is 1.85 bits per heavy atom. The van der Waals surface area contributed by atoms with Gasteiger partial charge < -0.3 is 20.5 Å². The lowest BCUT2D eigenvalue weighted by Crippen LogP contribution is -2.39. The summed E-state index contributed by atoms with van der Waals surface area (Å²) >= 11 is 0. The van der Waals surface area contributed by atoms with Crippen LogP contribution in [0.15, 0.2) is 18.2 Å². The molecule has 5 heteroatoms. The Morgan fingerprint density at radius 3 is 2.40 bits per heavy atom. The number of hydrogen-bond donors (Lipinski definition) is 2. The largest absolute Gasteiger partial charge is 0.490 e. The summed E-state index contributed by atoms with van der Waals surface area (Å²) in [4.78, 5) is 12.1. The van der Waals surface area contributed by atoms with Crippen molar-refractivity contribution in [1.29, 1.82) is 0 Å². The standard InChI is InChI=1S/C15H24N2O3/c1-4-12(10-16)17-15(18)11-7-8-13(19-5-2)14(9-11)20-6-3/h7-9,12H,4-6,10,16H2,1-3H3,(H,17,18). The number of carbonyl (C=O) groups is 1. The van der Waals surface area contributed by atoms with Gasteiger partial charge in [0.05, 0.1) is 13.2 Å². The number of ether oxygens (including phenoxy) is 2. The van der Waals surface area contributed by atoms with Crippen LogP contribution in [-0.4, -0.2) is 31.7 Å². The molecular weight excluding hydrogens is 256 g/mol. The molecule has 0 radical (unpaired) electrons. The Labute approximate surface area is 120 Å². The van der Waals surface area contributed by atoms with E-state index >= 15 is 0 Å². The first kappa shape index (κ1) is 16.3. The summed E-state index contributed by atoms with van der Waals surface area (Å²) in [6.07, 6.45) is 0.803. The predicted octanol–water partition coefficient (Wildman–Crippen LogP) is 1.95. The molecule has 0 spiro atoms. The number of nitrogens with two attached hydrogens (primary N) is 1. The highest BCUT2D eigenvalue weighted by Gasteiger charge is 2.14. The van der Waals surface area contributed by atoms with Crippen LogP contribution in [0.25, 0.3) is 0 Å². The van der Waals surface area contributed by atoms with E-state index in [1.165, 1.54) is 0 Å². The van der Waals surface area contributed by atoms with Crippen LogP contribution in [0, 0.1) is 0 Å². The summed E-state index contributed by atoms with van der Waals surface area (Å²) in [5.74, 6) is 1.09. The van der Waals surface area contributed by atoms with Crippen molar-refractivity contribution < 1.29 is 14.3 Å². The SMILES string of the molecule is CCOc1ccc(C(=O)NC(CC)CN)cc1OCC. The fourth-order valence-corrected chi connectivity index (χ4v) is 1.79. The second kappa shape index (κ2) is 8.43. The summed E-state index contributed by atoms with van der Waals surface area (Å²) in [6, 6.07) is 5.18. The molecule has 0 saturated heterocycles. The predicted molar refractivity (Wildman–Crippen MR) is 79.4 cm³/mol. The zero-order valence-electron chi connectivity index (χ0n) is 12.4. The fraction of sp³-hybridized carbons (Fsp3) is 0.533. The summed E-state index contributed by atoms with van der Waals surface area (Å²) < 4.78 is 11.0. The molecule has 0 fully saturated rings. The normalized spacial score (nSPS) is 11.8. The average molecular weight is 280 g/mol. The van der Waals surface area contributed by atoms with Crippen molar-refractivity contribution in [2.75, 3.05) is 19.8 Å². The van der Waals surface area contributed by atoms with Crippen molar-refractivity contribution in [2.24, 2.45) is 5.73 Å². The highest BCUT2D eigenvalue weighted by molar-refractivity contribution is 5.95. The molecule has 1 atom stereocenters. The van der Waals surface area contributed by atoms with Crippen molar-refractivity contribution in [3.63, 3.8) is 0 Å². The lowest BCUT2D eigenvalue weighted by Gasteiger charge is -2.16. The second-order valence-electron chi connectivity index (χ2n) is 4.34. The Morgan fingerprint density at radius 1 is 1.20 bits per heavy atom. The van der Waals surface area contributed by atoms with Gasteiger partial charge in [-0.1, -0.05) is 6.92 Å². The Hall–Kier alpha value is -1.75. The Kier molecular flexibility index (Phi) is 6.87. The minimum Gasteiger partial charge on any atom is -0.490 e. The van der Waals surface area contributed by atoms with E-state index in [0.717, 1.165) is 6.42 Å². The maximum absolute atomic E-state index is 12.1. The van der Waals surface area contributed by atoms with E-state index in [1.807, 2.05) is 20.8 Å². The molecule has 0 saturated carbocycles.